The lowest BCUT2D eigenvalue weighted by atomic mass is 9.85. The zero-order valence-corrected chi connectivity index (χ0v) is 14.4. The Morgan fingerprint density at radius 3 is 2.85 bits per heavy atom. The fourth-order valence-electron chi connectivity index (χ4n) is 3.00. The highest BCUT2D eigenvalue weighted by Gasteiger charge is 2.22. The van der Waals surface area contributed by atoms with E-state index in [9.17, 15) is 0 Å². The quantitative estimate of drug-likeness (QED) is 0.807. The van der Waals surface area contributed by atoms with Crippen molar-refractivity contribution in [2.24, 2.45) is 5.92 Å². The molecule has 2 rings (SSSR count). The molecule has 1 aromatic carbocycles. The fraction of sp³-hybridized carbons (Fsp3) is 0.647. The summed E-state index contributed by atoms with van der Waals surface area (Å²) in [5.41, 5.74) is 1.27. The van der Waals surface area contributed by atoms with Crippen molar-refractivity contribution in [2.45, 2.75) is 58.1 Å². The summed E-state index contributed by atoms with van der Waals surface area (Å²) in [4.78, 5) is 0. The molecule has 3 unspecified atom stereocenters. The van der Waals surface area contributed by atoms with Crippen molar-refractivity contribution < 1.29 is 4.74 Å². The van der Waals surface area contributed by atoms with E-state index in [-0.39, 0.29) is 0 Å². The number of rotatable bonds is 5. The molecule has 1 aliphatic rings. The maximum atomic E-state index is 6.19. The second kappa shape index (κ2) is 7.46. The zero-order chi connectivity index (χ0) is 14.5. The van der Waals surface area contributed by atoms with E-state index < -0.39 is 0 Å². The van der Waals surface area contributed by atoms with E-state index in [0.717, 1.165) is 16.1 Å². The number of hydrogen-bond donors (Lipinski definition) is 1. The second-order valence-electron chi connectivity index (χ2n) is 5.87. The van der Waals surface area contributed by atoms with Crippen LogP contribution in [0.3, 0.4) is 0 Å². The molecule has 1 aliphatic carbocycles. The molecule has 0 heterocycles. The number of nitrogens with one attached hydrogen (secondary N) is 1. The minimum Gasteiger partial charge on any atom is -0.490 e. The van der Waals surface area contributed by atoms with Crippen molar-refractivity contribution in [3.63, 3.8) is 0 Å². The van der Waals surface area contributed by atoms with Gasteiger partial charge < -0.3 is 10.1 Å². The average molecular weight is 340 g/mol. The van der Waals surface area contributed by atoms with Crippen LogP contribution in [0.25, 0.3) is 0 Å². The second-order valence-corrected chi connectivity index (χ2v) is 6.73. The molecule has 3 atom stereocenters. The SMILES string of the molecule is CCC1CCCC(Oc2ccc(C(C)NC)c(Br)c2)C1. The van der Waals surface area contributed by atoms with Crippen LogP contribution >= 0.6 is 15.9 Å². The molecule has 0 spiro atoms. The lowest BCUT2D eigenvalue weighted by Crippen LogP contribution is -2.25. The molecule has 1 fully saturated rings. The van der Waals surface area contributed by atoms with Gasteiger partial charge in [0.25, 0.3) is 0 Å². The van der Waals surface area contributed by atoms with Gasteiger partial charge in [-0.1, -0.05) is 41.8 Å². The molecule has 20 heavy (non-hydrogen) atoms. The molecular formula is C17H26BrNO. The van der Waals surface area contributed by atoms with Gasteiger partial charge in [-0.15, -0.1) is 0 Å². The van der Waals surface area contributed by atoms with Crippen LogP contribution in [-0.4, -0.2) is 13.2 Å². The fourth-order valence-corrected chi connectivity index (χ4v) is 3.70. The highest BCUT2D eigenvalue weighted by Crippen LogP contribution is 2.32. The topological polar surface area (TPSA) is 21.3 Å². The molecular weight excluding hydrogens is 314 g/mol. The number of halogens is 1. The Labute approximate surface area is 131 Å². The minimum absolute atomic E-state index is 0.345. The van der Waals surface area contributed by atoms with Crippen LogP contribution in [0.15, 0.2) is 22.7 Å². The molecule has 0 amide bonds. The van der Waals surface area contributed by atoms with E-state index in [1.165, 1.54) is 37.7 Å². The molecule has 0 radical (unpaired) electrons. The first-order valence-electron chi connectivity index (χ1n) is 7.77. The van der Waals surface area contributed by atoms with Gasteiger partial charge in [0.05, 0.1) is 6.10 Å². The van der Waals surface area contributed by atoms with Gasteiger partial charge in [-0.3, -0.25) is 0 Å². The highest BCUT2D eigenvalue weighted by molar-refractivity contribution is 9.10. The monoisotopic (exact) mass is 339 g/mol. The van der Waals surface area contributed by atoms with Crippen LogP contribution in [0.2, 0.25) is 0 Å². The van der Waals surface area contributed by atoms with Gasteiger partial charge in [-0.05, 0) is 56.8 Å². The average Bonchev–Trinajstić information content (AvgIpc) is 2.47. The van der Waals surface area contributed by atoms with E-state index in [4.69, 9.17) is 4.74 Å². The maximum Gasteiger partial charge on any atom is 0.120 e. The number of hydrogen-bond acceptors (Lipinski definition) is 2. The Hall–Kier alpha value is -0.540. The summed E-state index contributed by atoms with van der Waals surface area (Å²) >= 11 is 3.66. The first kappa shape index (κ1) is 15.8. The first-order valence-corrected chi connectivity index (χ1v) is 8.56. The van der Waals surface area contributed by atoms with Crippen molar-refractivity contribution in [3.05, 3.63) is 28.2 Å². The largest absolute Gasteiger partial charge is 0.490 e. The summed E-state index contributed by atoms with van der Waals surface area (Å²) < 4.78 is 7.31. The molecule has 3 heteroatoms. The third-order valence-corrected chi connectivity index (χ3v) is 5.17. The first-order chi connectivity index (χ1) is 9.63. The summed E-state index contributed by atoms with van der Waals surface area (Å²) in [5, 5.41) is 3.27. The Bertz CT molecular complexity index is 435. The standard InChI is InChI=1S/C17H26BrNO/c1-4-13-6-5-7-14(10-13)20-15-8-9-16(12(2)19-3)17(18)11-15/h8-9,11-14,19H,4-7,10H2,1-3H3. The van der Waals surface area contributed by atoms with Crippen molar-refractivity contribution in [2.75, 3.05) is 7.05 Å². The van der Waals surface area contributed by atoms with Crippen LogP contribution in [0.5, 0.6) is 5.75 Å². The molecule has 112 valence electrons. The molecule has 0 saturated heterocycles. The van der Waals surface area contributed by atoms with E-state index >= 15 is 0 Å². The molecule has 2 nitrogen and oxygen atoms in total. The van der Waals surface area contributed by atoms with Crippen molar-refractivity contribution in [1.82, 2.24) is 5.32 Å². The Balaban J connectivity index is 2.01. The smallest absolute Gasteiger partial charge is 0.120 e. The van der Waals surface area contributed by atoms with E-state index in [2.05, 4.69) is 53.3 Å². The van der Waals surface area contributed by atoms with E-state index in [1.807, 2.05) is 7.05 Å². The van der Waals surface area contributed by atoms with Gasteiger partial charge in [0, 0.05) is 10.5 Å². The van der Waals surface area contributed by atoms with Gasteiger partial charge in [-0.2, -0.15) is 0 Å². The summed E-state index contributed by atoms with van der Waals surface area (Å²) in [6.07, 6.45) is 6.76. The predicted octanol–water partition coefficient (Wildman–Crippen LogP) is 5.08. The van der Waals surface area contributed by atoms with Gasteiger partial charge in [-0.25, -0.2) is 0 Å². The Morgan fingerprint density at radius 2 is 2.20 bits per heavy atom. The Morgan fingerprint density at radius 1 is 1.40 bits per heavy atom. The molecule has 0 aliphatic heterocycles. The molecule has 0 aromatic heterocycles. The highest BCUT2D eigenvalue weighted by atomic mass is 79.9. The summed E-state index contributed by atoms with van der Waals surface area (Å²) in [5.74, 6) is 1.84. The third kappa shape index (κ3) is 3.98. The van der Waals surface area contributed by atoms with Crippen molar-refractivity contribution >= 4 is 15.9 Å². The molecule has 1 N–H and O–H groups in total. The van der Waals surface area contributed by atoms with Crippen LogP contribution in [0.4, 0.5) is 0 Å². The van der Waals surface area contributed by atoms with Gasteiger partial charge in [0.2, 0.25) is 0 Å². The van der Waals surface area contributed by atoms with Crippen molar-refractivity contribution in [3.8, 4) is 5.75 Å². The lowest BCUT2D eigenvalue weighted by Gasteiger charge is -2.29. The molecule has 0 bridgehead atoms. The van der Waals surface area contributed by atoms with E-state index in [0.29, 0.717) is 12.1 Å². The summed E-state index contributed by atoms with van der Waals surface area (Å²) in [7, 11) is 1.98. The van der Waals surface area contributed by atoms with E-state index in [1.54, 1.807) is 0 Å². The maximum absolute atomic E-state index is 6.19. The van der Waals surface area contributed by atoms with Crippen LogP contribution in [0.1, 0.15) is 57.6 Å². The number of ether oxygens (including phenoxy) is 1. The zero-order valence-electron chi connectivity index (χ0n) is 12.8. The van der Waals surface area contributed by atoms with Gasteiger partial charge in [0.1, 0.15) is 5.75 Å². The number of benzene rings is 1. The normalized spacial score (nSPS) is 24.4. The van der Waals surface area contributed by atoms with Crippen LogP contribution in [-0.2, 0) is 0 Å². The molecule has 1 saturated carbocycles. The Kier molecular flexibility index (Phi) is 5.91. The summed E-state index contributed by atoms with van der Waals surface area (Å²) in [6.45, 7) is 4.45. The molecule has 1 aromatic rings. The van der Waals surface area contributed by atoms with Crippen LogP contribution < -0.4 is 10.1 Å². The predicted molar refractivity (Wildman–Crippen MR) is 88.3 cm³/mol. The van der Waals surface area contributed by atoms with Gasteiger partial charge >= 0.3 is 0 Å². The summed E-state index contributed by atoms with van der Waals surface area (Å²) in [6, 6.07) is 6.71. The third-order valence-electron chi connectivity index (χ3n) is 4.49. The minimum atomic E-state index is 0.345. The van der Waals surface area contributed by atoms with Crippen LogP contribution in [0, 0.1) is 5.92 Å². The van der Waals surface area contributed by atoms with Gasteiger partial charge in [0.15, 0.2) is 0 Å². The lowest BCUT2D eigenvalue weighted by molar-refractivity contribution is 0.122. The van der Waals surface area contributed by atoms with Crippen molar-refractivity contribution in [1.29, 1.82) is 0 Å².